The highest BCUT2D eigenvalue weighted by Crippen LogP contribution is 2.42. The lowest BCUT2D eigenvalue weighted by molar-refractivity contribution is 1.01. The number of thiophene rings is 1. The first-order valence-corrected chi connectivity index (χ1v) is 18.0. The molecule has 0 N–H and O–H groups in total. The van der Waals surface area contributed by atoms with Gasteiger partial charge in [0.2, 0.25) is 5.95 Å². The van der Waals surface area contributed by atoms with E-state index in [1.165, 1.54) is 47.5 Å². The van der Waals surface area contributed by atoms with Crippen LogP contribution in [-0.4, -0.2) is 19.1 Å². The van der Waals surface area contributed by atoms with Crippen LogP contribution in [0.15, 0.2) is 170 Å². The van der Waals surface area contributed by atoms with Crippen LogP contribution in [0.25, 0.3) is 97.8 Å². The number of fused-ring (bicyclic) bond motifs is 8. The van der Waals surface area contributed by atoms with Crippen LogP contribution in [0.2, 0.25) is 0 Å². The molecule has 11 aromatic rings. The number of nitrogens with zero attached hydrogens (tertiary/aromatic N) is 4. The highest BCUT2D eigenvalue weighted by Gasteiger charge is 2.21. The van der Waals surface area contributed by atoms with E-state index < -0.39 is 0 Å². The monoisotopic (exact) mass is 668 g/mol. The van der Waals surface area contributed by atoms with Crippen LogP contribution < -0.4 is 0 Å². The quantitative estimate of drug-likeness (QED) is 0.187. The molecule has 4 heterocycles. The van der Waals surface area contributed by atoms with Crippen molar-refractivity contribution in [3.63, 3.8) is 0 Å². The van der Waals surface area contributed by atoms with Crippen molar-refractivity contribution in [2.24, 2.45) is 0 Å². The highest BCUT2D eigenvalue weighted by molar-refractivity contribution is 7.25. The lowest BCUT2D eigenvalue weighted by Gasteiger charge is -2.13. The van der Waals surface area contributed by atoms with Crippen molar-refractivity contribution >= 4 is 75.1 Å². The summed E-state index contributed by atoms with van der Waals surface area (Å²) in [7, 11) is 0. The fraction of sp³-hybridized carbons (Fsp3) is 0. The fourth-order valence-corrected chi connectivity index (χ4v) is 8.85. The summed E-state index contributed by atoms with van der Waals surface area (Å²) in [6.07, 6.45) is 2.17. The van der Waals surface area contributed by atoms with Crippen LogP contribution >= 0.6 is 11.3 Å². The van der Waals surface area contributed by atoms with Crippen LogP contribution in [0.1, 0.15) is 0 Å². The summed E-state index contributed by atoms with van der Waals surface area (Å²) in [4.78, 5) is 10.7. The van der Waals surface area contributed by atoms with E-state index in [0.717, 1.165) is 44.4 Å². The number of benzene rings is 7. The SMILES string of the molecule is c1ccc(-c2ccc(-c3nc(-n4c5cc6c(cc5c5cc7ccn(-c8ccccc8)c7cc54)sc4ccccc46)nc4ccccc34)cc2)cc1. The van der Waals surface area contributed by atoms with Crippen molar-refractivity contribution in [1.82, 2.24) is 19.1 Å². The Morgan fingerprint density at radius 3 is 1.94 bits per heavy atom. The van der Waals surface area contributed by atoms with E-state index in [2.05, 4.69) is 179 Å². The van der Waals surface area contributed by atoms with Crippen LogP contribution in [0, 0.1) is 0 Å². The Hall–Kier alpha value is -6.56. The average Bonchev–Trinajstić information content (AvgIpc) is 3.87. The second-order valence-electron chi connectivity index (χ2n) is 13.1. The van der Waals surface area contributed by atoms with Gasteiger partial charge < -0.3 is 4.57 Å². The minimum Gasteiger partial charge on any atom is -0.316 e. The molecule has 11 rings (SSSR count). The van der Waals surface area contributed by atoms with Crippen molar-refractivity contribution in [3.8, 4) is 34.0 Å². The second-order valence-corrected chi connectivity index (χ2v) is 14.2. The van der Waals surface area contributed by atoms with Gasteiger partial charge in [0, 0.05) is 59.2 Å². The molecule has 7 aromatic carbocycles. The third kappa shape index (κ3) is 4.38. The standard InChI is InChI=1S/C46H28N4S/c1-3-11-29(12-4-1)30-19-21-31(22-20-30)45-35-16-7-9-17-39(35)47-46(48-45)50-41-26-38-34-15-8-10-18-43(34)51-44(38)27-37(41)36-25-32-23-24-49(40(32)28-42(36)50)33-13-5-2-6-14-33/h1-28H. The smallest absolute Gasteiger partial charge is 0.235 e. The van der Waals surface area contributed by atoms with E-state index in [4.69, 9.17) is 9.97 Å². The topological polar surface area (TPSA) is 35.6 Å². The van der Waals surface area contributed by atoms with Gasteiger partial charge in [-0.3, -0.25) is 4.57 Å². The Morgan fingerprint density at radius 2 is 1.10 bits per heavy atom. The van der Waals surface area contributed by atoms with Crippen LogP contribution in [0.5, 0.6) is 0 Å². The number of rotatable bonds is 4. The molecule has 0 fully saturated rings. The number of para-hydroxylation sites is 2. The fourth-order valence-electron chi connectivity index (χ4n) is 7.73. The summed E-state index contributed by atoms with van der Waals surface area (Å²) in [5.41, 5.74) is 9.71. The van der Waals surface area contributed by atoms with Gasteiger partial charge in [0.25, 0.3) is 0 Å². The molecule has 5 heteroatoms. The van der Waals surface area contributed by atoms with Crippen molar-refractivity contribution in [3.05, 3.63) is 170 Å². The minimum atomic E-state index is 0.659. The van der Waals surface area contributed by atoms with Crippen molar-refractivity contribution < 1.29 is 0 Å². The molecule has 4 nitrogen and oxygen atoms in total. The summed E-state index contributed by atoms with van der Waals surface area (Å²) in [5.74, 6) is 0.659. The van der Waals surface area contributed by atoms with Crippen molar-refractivity contribution in [2.75, 3.05) is 0 Å². The minimum absolute atomic E-state index is 0.659. The van der Waals surface area contributed by atoms with Gasteiger partial charge in [-0.25, -0.2) is 9.97 Å². The zero-order chi connectivity index (χ0) is 33.5. The number of aromatic nitrogens is 4. The summed E-state index contributed by atoms with van der Waals surface area (Å²) in [6.45, 7) is 0. The normalized spacial score (nSPS) is 11.9. The molecule has 0 bridgehead atoms. The lowest BCUT2D eigenvalue weighted by Crippen LogP contribution is -2.03. The van der Waals surface area contributed by atoms with Crippen LogP contribution in [-0.2, 0) is 0 Å². The summed E-state index contributed by atoms with van der Waals surface area (Å²) >= 11 is 1.85. The maximum atomic E-state index is 5.44. The lowest BCUT2D eigenvalue weighted by atomic mass is 10.0. The average molecular weight is 669 g/mol. The van der Waals surface area contributed by atoms with Gasteiger partial charge in [0.05, 0.1) is 27.8 Å². The molecule has 0 aliphatic carbocycles. The van der Waals surface area contributed by atoms with Gasteiger partial charge in [-0.05, 0) is 65.7 Å². The van der Waals surface area contributed by atoms with E-state index in [1.807, 2.05) is 11.3 Å². The molecular weight excluding hydrogens is 641 g/mol. The van der Waals surface area contributed by atoms with Gasteiger partial charge in [-0.2, -0.15) is 0 Å². The highest BCUT2D eigenvalue weighted by atomic mass is 32.1. The zero-order valence-corrected chi connectivity index (χ0v) is 28.2. The van der Waals surface area contributed by atoms with Gasteiger partial charge in [0.15, 0.2) is 0 Å². The second kappa shape index (κ2) is 11.0. The third-order valence-electron chi connectivity index (χ3n) is 10.2. The van der Waals surface area contributed by atoms with Gasteiger partial charge in [0.1, 0.15) is 0 Å². The Balaban J connectivity index is 1.22. The van der Waals surface area contributed by atoms with E-state index in [0.29, 0.717) is 5.95 Å². The predicted molar refractivity (Wildman–Crippen MR) is 214 cm³/mol. The maximum absolute atomic E-state index is 5.44. The van der Waals surface area contributed by atoms with E-state index in [1.54, 1.807) is 0 Å². The first kappa shape index (κ1) is 28.3. The molecular formula is C46H28N4S. The summed E-state index contributed by atoms with van der Waals surface area (Å²) in [5, 5.41) is 7.14. The molecule has 0 spiro atoms. The Labute approximate surface area is 297 Å². The van der Waals surface area contributed by atoms with Crippen molar-refractivity contribution in [2.45, 2.75) is 0 Å². The Morgan fingerprint density at radius 1 is 0.431 bits per heavy atom. The number of hydrogen-bond donors (Lipinski definition) is 0. The molecule has 0 saturated carbocycles. The molecule has 0 saturated heterocycles. The van der Waals surface area contributed by atoms with E-state index >= 15 is 0 Å². The first-order valence-electron chi connectivity index (χ1n) is 17.2. The van der Waals surface area contributed by atoms with Crippen LogP contribution in [0.4, 0.5) is 0 Å². The van der Waals surface area contributed by atoms with Gasteiger partial charge in [-0.15, -0.1) is 11.3 Å². The molecule has 0 radical (unpaired) electrons. The van der Waals surface area contributed by atoms with Crippen LogP contribution in [0.3, 0.4) is 0 Å². The Kier molecular flexibility index (Phi) is 6.09. The first-order chi connectivity index (χ1) is 25.3. The van der Waals surface area contributed by atoms with Crippen molar-refractivity contribution in [1.29, 1.82) is 0 Å². The molecule has 0 aliphatic rings. The Bertz CT molecular complexity index is 3120. The zero-order valence-electron chi connectivity index (χ0n) is 27.4. The third-order valence-corrected chi connectivity index (χ3v) is 11.3. The van der Waals surface area contributed by atoms with E-state index in [9.17, 15) is 0 Å². The maximum Gasteiger partial charge on any atom is 0.235 e. The molecule has 0 amide bonds. The van der Waals surface area contributed by atoms with Gasteiger partial charge in [-0.1, -0.05) is 109 Å². The summed E-state index contributed by atoms with van der Waals surface area (Å²) < 4.78 is 7.13. The molecule has 238 valence electrons. The molecule has 0 aliphatic heterocycles. The summed E-state index contributed by atoms with van der Waals surface area (Å²) in [6, 6.07) is 58.4. The number of hydrogen-bond acceptors (Lipinski definition) is 3. The molecule has 0 unspecified atom stereocenters. The predicted octanol–water partition coefficient (Wildman–Crippen LogP) is 12.4. The molecule has 4 aromatic heterocycles. The van der Waals surface area contributed by atoms with E-state index in [-0.39, 0.29) is 0 Å². The molecule has 0 atom stereocenters. The molecule has 51 heavy (non-hydrogen) atoms. The van der Waals surface area contributed by atoms with Gasteiger partial charge >= 0.3 is 0 Å². The largest absolute Gasteiger partial charge is 0.316 e.